The molecule has 1 atom stereocenters. The van der Waals surface area contributed by atoms with Gasteiger partial charge in [0, 0.05) is 5.57 Å². The number of nitrogens with one attached hydrogen (secondary N) is 1. The molecular formula is C14H23NO3. The second-order valence-electron chi connectivity index (χ2n) is 4.97. The number of carbonyl (C=O) groups is 2. The molecule has 102 valence electrons. The molecule has 0 radical (unpaired) electrons. The monoisotopic (exact) mass is 253 g/mol. The summed E-state index contributed by atoms with van der Waals surface area (Å²) in [6.07, 6.45) is 8.16. The molecule has 1 rings (SSSR count). The lowest BCUT2D eigenvalue weighted by atomic mass is 9.88. The van der Waals surface area contributed by atoms with Crippen molar-refractivity contribution in [2.24, 2.45) is 5.92 Å². The number of rotatable bonds is 4. The average Bonchev–Trinajstić information content (AvgIpc) is 2.38. The van der Waals surface area contributed by atoms with Crippen molar-refractivity contribution in [3.05, 3.63) is 11.6 Å². The molecule has 0 heterocycles. The molecule has 1 N–H and O–H groups in total. The van der Waals surface area contributed by atoms with E-state index in [4.69, 9.17) is 0 Å². The van der Waals surface area contributed by atoms with Crippen molar-refractivity contribution in [2.75, 3.05) is 7.11 Å². The van der Waals surface area contributed by atoms with Crippen LogP contribution in [0.1, 0.15) is 46.0 Å². The molecule has 18 heavy (non-hydrogen) atoms. The van der Waals surface area contributed by atoms with Crippen LogP contribution in [0.4, 0.5) is 0 Å². The van der Waals surface area contributed by atoms with Gasteiger partial charge in [0.15, 0.2) is 0 Å². The van der Waals surface area contributed by atoms with E-state index in [0.29, 0.717) is 11.5 Å². The first-order chi connectivity index (χ1) is 8.54. The molecule has 1 aliphatic rings. The maximum atomic E-state index is 11.9. The third kappa shape index (κ3) is 4.51. The fraction of sp³-hybridized carbons (Fsp3) is 0.714. The van der Waals surface area contributed by atoms with Gasteiger partial charge in [-0.2, -0.15) is 0 Å². The Balaban J connectivity index is 2.49. The largest absolute Gasteiger partial charge is 0.467 e. The van der Waals surface area contributed by atoms with Crippen molar-refractivity contribution in [3.8, 4) is 0 Å². The Labute approximate surface area is 109 Å². The predicted octanol–water partition coefficient (Wildman–Crippen LogP) is 2.19. The van der Waals surface area contributed by atoms with Crippen LogP contribution < -0.4 is 5.32 Å². The maximum absolute atomic E-state index is 11.9. The molecule has 0 spiro atoms. The highest BCUT2D eigenvalue weighted by molar-refractivity contribution is 5.95. The number of allylic oxidation sites excluding steroid dienone is 1. The Kier molecular flexibility index (Phi) is 5.89. The van der Waals surface area contributed by atoms with Crippen LogP contribution in [-0.2, 0) is 14.3 Å². The Bertz CT molecular complexity index is 330. The zero-order valence-corrected chi connectivity index (χ0v) is 11.5. The maximum Gasteiger partial charge on any atom is 0.328 e. The van der Waals surface area contributed by atoms with E-state index in [-0.39, 0.29) is 5.91 Å². The van der Waals surface area contributed by atoms with Gasteiger partial charge in [-0.05, 0) is 32.6 Å². The van der Waals surface area contributed by atoms with Gasteiger partial charge in [-0.25, -0.2) is 4.79 Å². The minimum atomic E-state index is -0.600. The standard InChI is InChI=1S/C14H23NO3/c1-10(9-12-7-5-4-6-8-12)13(16)15-11(2)14(17)18-3/h9,11-12H,4-8H2,1-3H3,(H,15,16)/b10-9+. The minimum absolute atomic E-state index is 0.182. The molecule has 0 saturated heterocycles. The van der Waals surface area contributed by atoms with E-state index >= 15 is 0 Å². The third-order valence-electron chi connectivity index (χ3n) is 3.40. The lowest BCUT2D eigenvalue weighted by Crippen LogP contribution is -2.39. The number of carbonyl (C=O) groups excluding carboxylic acids is 2. The lowest BCUT2D eigenvalue weighted by molar-refractivity contribution is -0.144. The van der Waals surface area contributed by atoms with Crippen molar-refractivity contribution in [2.45, 2.75) is 52.0 Å². The summed E-state index contributed by atoms with van der Waals surface area (Å²) in [5.41, 5.74) is 0.692. The van der Waals surface area contributed by atoms with Crippen LogP contribution in [0.2, 0.25) is 0 Å². The van der Waals surface area contributed by atoms with Gasteiger partial charge in [-0.1, -0.05) is 25.3 Å². The summed E-state index contributed by atoms with van der Waals surface area (Å²) in [5.74, 6) is -0.0924. The van der Waals surface area contributed by atoms with Gasteiger partial charge in [0.2, 0.25) is 5.91 Å². The zero-order valence-electron chi connectivity index (χ0n) is 11.5. The summed E-state index contributed by atoms with van der Waals surface area (Å²) in [6.45, 7) is 3.42. The van der Waals surface area contributed by atoms with Gasteiger partial charge >= 0.3 is 5.97 Å². The predicted molar refractivity (Wildman–Crippen MR) is 70.0 cm³/mol. The number of methoxy groups -OCH3 is 1. The van der Waals surface area contributed by atoms with Gasteiger partial charge in [0.05, 0.1) is 7.11 Å². The number of hydrogen-bond donors (Lipinski definition) is 1. The third-order valence-corrected chi connectivity index (χ3v) is 3.40. The topological polar surface area (TPSA) is 55.4 Å². The van der Waals surface area contributed by atoms with Crippen LogP contribution in [0.25, 0.3) is 0 Å². The Morgan fingerprint density at radius 2 is 1.89 bits per heavy atom. The van der Waals surface area contributed by atoms with E-state index in [9.17, 15) is 9.59 Å². The molecule has 0 aromatic carbocycles. The van der Waals surface area contributed by atoms with Gasteiger partial charge in [-0.15, -0.1) is 0 Å². The summed E-state index contributed by atoms with van der Waals surface area (Å²) in [7, 11) is 1.32. The first-order valence-electron chi connectivity index (χ1n) is 6.61. The molecular weight excluding hydrogens is 230 g/mol. The Hall–Kier alpha value is -1.32. The molecule has 1 unspecified atom stereocenters. The highest BCUT2D eigenvalue weighted by Crippen LogP contribution is 2.25. The minimum Gasteiger partial charge on any atom is -0.467 e. The SMILES string of the molecule is COC(=O)C(C)NC(=O)/C(C)=C/C1CCCCC1. The molecule has 1 amide bonds. The second kappa shape index (κ2) is 7.19. The van der Waals surface area contributed by atoms with Crippen LogP contribution in [0.3, 0.4) is 0 Å². The van der Waals surface area contributed by atoms with Crippen LogP contribution in [0, 0.1) is 5.92 Å². The van der Waals surface area contributed by atoms with Crippen LogP contribution in [-0.4, -0.2) is 25.0 Å². The van der Waals surface area contributed by atoms with Crippen molar-refractivity contribution in [1.82, 2.24) is 5.32 Å². The molecule has 0 bridgehead atoms. The Morgan fingerprint density at radius 3 is 2.44 bits per heavy atom. The van der Waals surface area contributed by atoms with Gasteiger partial charge in [0.25, 0.3) is 0 Å². The second-order valence-corrected chi connectivity index (χ2v) is 4.97. The van der Waals surface area contributed by atoms with E-state index in [1.165, 1.54) is 26.4 Å². The smallest absolute Gasteiger partial charge is 0.328 e. The Morgan fingerprint density at radius 1 is 1.28 bits per heavy atom. The molecule has 4 nitrogen and oxygen atoms in total. The molecule has 0 aliphatic heterocycles. The summed E-state index contributed by atoms with van der Waals surface area (Å²) < 4.78 is 4.57. The van der Waals surface area contributed by atoms with E-state index in [0.717, 1.165) is 12.8 Å². The normalized spacial score (nSPS) is 19.2. The molecule has 1 saturated carbocycles. The number of hydrogen-bond acceptors (Lipinski definition) is 3. The molecule has 4 heteroatoms. The van der Waals surface area contributed by atoms with E-state index in [1.807, 2.05) is 6.08 Å². The molecule has 1 aliphatic carbocycles. The molecule has 0 aromatic rings. The summed E-state index contributed by atoms with van der Waals surface area (Å²) >= 11 is 0. The summed E-state index contributed by atoms with van der Waals surface area (Å²) in [5, 5.41) is 2.64. The molecule has 1 fully saturated rings. The quantitative estimate of drug-likeness (QED) is 0.617. The van der Waals surface area contributed by atoms with Gasteiger partial charge in [-0.3, -0.25) is 4.79 Å². The van der Waals surface area contributed by atoms with E-state index in [1.54, 1.807) is 13.8 Å². The fourth-order valence-electron chi connectivity index (χ4n) is 2.28. The fourth-order valence-corrected chi connectivity index (χ4v) is 2.28. The van der Waals surface area contributed by atoms with Gasteiger partial charge in [0.1, 0.15) is 6.04 Å². The first-order valence-corrected chi connectivity index (χ1v) is 6.61. The van der Waals surface area contributed by atoms with Crippen molar-refractivity contribution >= 4 is 11.9 Å². The van der Waals surface area contributed by atoms with Crippen LogP contribution in [0.15, 0.2) is 11.6 Å². The number of esters is 1. The lowest BCUT2D eigenvalue weighted by Gasteiger charge is -2.19. The highest BCUT2D eigenvalue weighted by atomic mass is 16.5. The average molecular weight is 253 g/mol. The highest BCUT2D eigenvalue weighted by Gasteiger charge is 2.18. The van der Waals surface area contributed by atoms with Crippen molar-refractivity contribution in [1.29, 1.82) is 0 Å². The van der Waals surface area contributed by atoms with Crippen molar-refractivity contribution in [3.63, 3.8) is 0 Å². The van der Waals surface area contributed by atoms with Gasteiger partial charge < -0.3 is 10.1 Å². The van der Waals surface area contributed by atoms with Crippen LogP contribution >= 0.6 is 0 Å². The van der Waals surface area contributed by atoms with Crippen molar-refractivity contribution < 1.29 is 14.3 Å². The zero-order chi connectivity index (χ0) is 13.5. The summed E-state index contributed by atoms with van der Waals surface area (Å²) in [4.78, 5) is 23.1. The molecule has 0 aromatic heterocycles. The number of amides is 1. The number of ether oxygens (including phenoxy) is 1. The van der Waals surface area contributed by atoms with Crippen LogP contribution in [0.5, 0.6) is 0 Å². The van der Waals surface area contributed by atoms with E-state index in [2.05, 4.69) is 10.1 Å². The van der Waals surface area contributed by atoms with E-state index < -0.39 is 12.0 Å². The summed E-state index contributed by atoms with van der Waals surface area (Å²) in [6, 6.07) is -0.600. The first kappa shape index (κ1) is 14.7.